The zero-order valence-electron chi connectivity index (χ0n) is 41.4. The van der Waals surface area contributed by atoms with Crippen molar-refractivity contribution in [2.75, 3.05) is 19.8 Å². The fraction of sp³-hybridized carbons (Fsp3) is 0.694. The standard InChI is InChI=1S/C49H61Cl6NO17/c1-24-28(69-40(62)32(58)35(43(3,4)5)56-38(60)26-15-11-9-12-16-26)20-47(65)37(72-39(61)27-17-13-10-14-18-27)34-45(8,36(59)33(31(24)44(47,6)7)71-42(64)68-23-49(53,54)55)29(70-41(63)67-22-48(50,51)52)19-30-46(34,21-66-30)73-25(2)57/h10,13-14,17-18,26,28-30,32-35,37,58,65H,9,11-12,15-16,19-23H2,1-8H3,(H,56,60)/t28-,29-,30+,32+,33+,34-,35+,37-,45+,46-,47+/m0/s1. The van der Waals surface area contributed by atoms with Gasteiger partial charge in [-0.1, -0.05) is 142 Å². The molecule has 1 saturated heterocycles. The van der Waals surface area contributed by atoms with Crippen LogP contribution in [0.4, 0.5) is 9.59 Å². The summed E-state index contributed by atoms with van der Waals surface area (Å²) >= 11 is 35.4. The van der Waals surface area contributed by atoms with Crippen LogP contribution < -0.4 is 5.32 Å². The van der Waals surface area contributed by atoms with E-state index < -0.39 is 152 Å². The Labute approximate surface area is 452 Å². The Morgan fingerprint density at radius 2 is 1.42 bits per heavy atom. The van der Waals surface area contributed by atoms with Gasteiger partial charge in [0.15, 0.2) is 23.6 Å². The summed E-state index contributed by atoms with van der Waals surface area (Å²) in [7, 11) is 0. The number of esters is 3. The lowest BCUT2D eigenvalue weighted by Crippen LogP contribution is -2.82. The van der Waals surface area contributed by atoms with E-state index >= 15 is 4.79 Å². The number of benzene rings is 1. The second-order valence-corrected chi connectivity index (χ2v) is 26.3. The molecule has 0 spiro atoms. The molecule has 0 unspecified atom stereocenters. The van der Waals surface area contributed by atoms with Crippen LogP contribution in [0.25, 0.3) is 0 Å². The molecule has 24 heteroatoms. The number of ether oxygens (including phenoxy) is 8. The fourth-order valence-electron chi connectivity index (χ4n) is 11.3. The van der Waals surface area contributed by atoms with Crippen molar-refractivity contribution in [1.29, 1.82) is 0 Å². The normalized spacial score (nSPS) is 31.0. The Balaban J connectivity index is 1.59. The van der Waals surface area contributed by atoms with Gasteiger partial charge in [0.05, 0.1) is 29.5 Å². The predicted molar refractivity (Wildman–Crippen MR) is 264 cm³/mol. The van der Waals surface area contributed by atoms with Crippen LogP contribution in [-0.2, 0) is 57.1 Å². The van der Waals surface area contributed by atoms with Gasteiger partial charge in [0.25, 0.3) is 0 Å². The molecule has 1 amide bonds. The zero-order chi connectivity index (χ0) is 54.4. The number of amides is 1. The molecule has 18 nitrogen and oxygen atoms in total. The van der Waals surface area contributed by atoms with Gasteiger partial charge in [-0.2, -0.15) is 0 Å². The average molecular weight is 1150 g/mol. The van der Waals surface area contributed by atoms with E-state index in [0.29, 0.717) is 12.8 Å². The van der Waals surface area contributed by atoms with E-state index in [-0.39, 0.29) is 28.5 Å². The van der Waals surface area contributed by atoms with Crippen molar-refractivity contribution in [3.8, 4) is 0 Å². The van der Waals surface area contributed by atoms with Gasteiger partial charge in [0, 0.05) is 31.1 Å². The molecule has 4 fully saturated rings. The molecule has 2 bridgehead atoms. The van der Waals surface area contributed by atoms with Gasteiger partial charge >= 0.3 is 30.2 Å². The molecule has 3 N–H and O–H groups in total. The summed E-state index contributed by atoms with van der Waals surface area (Å²) in [6.07, 6.45) is -11.2. The minimum atomic E-state index is -2.61. The SMILES string of the molecule is CC(=O)O[C@@]12CO[C@@H]1C[C@H](OC(=O)OCC(Cl)(Cl)Cl)[C@@]1(C)C(=O)[C@H](OC(=O)OCC(Cl)(Cl)Cl)C3=C(C)[C@@H](OC(=O)[C@H](O)[C@@H](NC(=O)C4CCCCC4)C(C)(C)C)C[C@@](O)([C@@H](OC(=O)c4ccccc4)[C@H]21)C3(C)C. The Hall–Kier alpha value is -3.33. The summed E-state index contributed by atoms with van der Waals surface area (Å²) in [5.41, 5.74) is -10.1. The lowest BCUT2D eigenvalue weighted by atomic mass is 9.44. The number of hydrogen-bond donors (Lipinski definition) is 3. The van der Waals surface area contributed by atoms with Crippen LogP contribution in [0, 0.1) is 28.1 Å². The van der Waals surface area contributed by atoms with E-state index in [1.165, 1.54) is 39.8 Å². The van der Waals surface area contributed by atoms with Crippen molar-refractivity contribution in [1.82, 2.24) is 5.32 Å². The molecule has 0 aromatic heterocycles. The summed E-state index contributed by atoms with van der Waals surface area (Å²) in [6.45, 7) is 9.62. The summed E-state index contributed by atoms with van der Waals surface area (Å²) < 4.78 is 42.6. The van der Waals surface area contributed by atoms with Gasteiger partial charge in [-0.3, -0.25) is 14.4 Å². The van der Waals surface area contributed by atoms with E-state index in [0.717, 1.165) is 26.2 Å². The quantitative estimate of drug-likeness (QED) is 0.0773. The van der Waals surface area contributed by atoms with Crippen LogP contribution in [0.5, 0.6) is 0 Å². The molecule has 5 aliphatic rings. The second-order valence-electron chi connectivity index (χ2n) is 21.2. The maximum atomic E-state index is 16.3. The maximum absolute atomic E-state index is 16.3. The van der Waals surface area contributed by atoms with Crippen LogP contribution in [0.1, 0.15) is 111 Å². The highest BCUT2D eigenvalue weighted by Crippen LogP contribution is 2.65. The largest absolute Gasteiger partial charge is 0.509 e. The number of fused-ring (bicyclic) bond motifs is 5. The summed E-state index contributed by atoms with van der Waals surface area (Å²) in [4.78, 5) is 99.9. The van der Waals surface area contributed by atoms with Crippen molar-refractivity contribution >= 4 is 112 Å². The first kappa shape index (κ1) is 58.9. The smallest absolute Gasteiger partial charge is 0.456 e. The van der Waals surface area contributed by atoms with Gasteiger partial charge in [0.2, 0.25) is 13.5 Å². The number of alkyl halides is 6. The van der Waals surface area contributed by atoms with Gasteiger partial charge in [-0.25, -0.2) is 19.2 Å². The van der Waals surface area contributed by atoms with Crippen molar-refractivity contribution in [3.05, 3.63) is 47.0 Å². The van der Waals surface area contributed by atoms with E-state index in [4.69, 9.17) is 108 Å². The minimum Gasteiger partial charge on any atom is -0.456 e. The lowest BCUT2D eigenvalue weighted by Gasteiger charge is -2.67. The molecule has 1 aliphatic heterocycles. The number of hydrogen-bond acceptors (Lipinski definition) is 17. The molecule has 406 valence electrons. The van der Waals surface area contributed by atoms with Gasteiger partial charge in [-0.15, -0.1) is 0 Å². The van der Waals surface area contributed by atoms with Gasteiger partial charge in [0.1, 0.15) is 43.2 Å². The summed E-state index contributed by atoms with van der Waals surface area (Å²) in [5, 5.41) is 28.8. The number of carbonyl (C=O) groups excluding carboxylic acids is 7. The van der Waals surface area contributed by atoms with Crippen LogP contribution in [0.3, 0.4) is 0 Å². The number of Topliss-reactive ketones (excluding diaryl/α,β-unsaturated/α-hetero) is 1. The first-order chi connectivity index (χ1) is 33.7. The molecule has 1 heterocycles. The third-order valence-electron chi connectivity index (χ3n) is 15.0. The number of aliphatic hydroxyl groups is 2. The number of ketones is 1. The summed E-state index contributed by atoms with van der Waals surface area (Å²) in [5.74, 6) is -6.85. The van der Waals surface area contributed by atoms with E-state index in [2.05, 4.69) is 5.32 Å². The van der Waals surface area contributed by atoms with E-state index in [9.17, 15) is 39.0 Å². The number of nitrogens with one attached hydrogen (secondary N) is 1. The molecule has 1 aromatic rings. The molecule has 73 heavy (non-hydrogen) atoms. The van der Waals surface area contributed by atoms with Gasteiger partial charge in [-0.05, 0) is 55.4 Å². The first-order valence-corrected chi connectivity index (χ1v) is 26.0. The van der Waals surface area contributed by atoms with Crippen molar-refractivity contribution in [2.45, 2.75) is 162 Å². The van der Waals surface area contributed by atoms with E-state index in [1.807, 2.05) is 0 Å². The lowest BCUT2D eigenvalue weighted by molar-refractivity contribution is -0.346. The Bertz CT molecular complexity index is 2330. The molecular formula is C49H61Cl6NO17. The summed E-state index contributed by atoms with van der Waals surface area (Å²) in [6, 6.07) is 6.35. The molecule has 1 aromatic carbocycles. The minimum absolute atomic E-state index is 0.00593. The zero-order valence-corrected chi connectivity index (χ0v) is 46.0. The molecule has 3 saturated carbocycles. The predicted octanol–water partition coefficient (Wildman–Crippen LogP) is 8.17. The topological polar surface area (TPSA) is 246 Å². The molecule has 11 atom stereocenters. The van der Waals surface area contributed by atoms with Crippen molar-refractivity contribution in [3.63, 3.8) is 0 Å². The highest BCUT2D eigenvalue weighted by atomic mass is 35.6. The van der Waals surface area contributed by atoms with Gasteiger partial charge < -0.3 is 53.4 Å². The molecule has 6 rings (SSSR count). The average Bonchev–Trinajstić information content (AvgIpc) is 3.29. The van der Waals surface area contributed by atoms with Crippen LogP contribution in [0.2, 0.25) is 0 Å². The van der Waals surface area contributed by atoms with Crippen LogP contribution >= 0.6 is 69.6 Å². The molecular weight excluding hydrogens is 1090 g/mol. The number of rotatable bonds is 12. The Morgan fingerprint density at radius 3 is 1.95 bits per heavy atom. The third-order valence-corrected chi connectivity index (χ3v) is 15.7. The highest BCUT2D eigenvalue weighted by Gasteiger charge is 2.79. The number of carbonyl (C=O) groups is 7. The van der Waals surface area contributed by atoms with Crippen LogP contribution in [0.15, 0.2) is 41.5 Å². The van der Waals surface area contributed by atoms with E-state index in [1.54, 1.807) is 39.0 Å². The fourth-order valence-corrected chi connectivity index (χ4v) is 11.6. The van der Waals surface area contributed by atoms with Crippen molar-refractivity contribution < 1.29 is 81.7 Å². The molecule has 0 radical (unpaired) electrons. The first-order valence-electron chi connectivity index (χ1n) is 23.7. The highest BCUT2D eigenvalue weighted by molar-refractivity contribution is 6.68. The Kier molecular flexibility index (Phi) is 17.7. The Morgan fingerprint density at radius 1 is 0.849 bits per heavy atom. The second kappa shape index (κ2) is 22.0. The third kappa shape index (κ3) is 12.3. The number of aliphatic hydroxyl groups excluding tert-OH is 1. The van der Waals surface area contributed by atoms with Crippen molar-refractivity contribution in [2.24, 2.45) is 28.1 Å². The van der Waals surface area contributed by atoms with Crippen LogP contribution in [-0.4, -0.2) is 133 Å². The molecule has 4 aliphatic carbocycles. The monoisotopic (exact) mass is 1150 g/mol. The maximum Gasteiger partial charge on any atom is 0.509 e. The number of halogens is 6.